The number of nitro groups is 1. The van der Waals surface area contributed by atoms with E-state index in [4.69, 9.17) is 16.9 Å². The largest absolute Gasteiger partial charge is 0.350 e. The Bertz CT molecular complexity index is 680. The van der Waals surface area contributed by atoms with Crippen molar-refractivity contribution in [1.29, 1.82) is 5.26 Å². The first-order chi connectivity index (χ1) is 9.11. The minimum absolute atomic E-state index is 0.0615. The van der Waals surface area contributed by atoms with E-state index in [1.807, 2.05) is 6.07 Å². The minimum Gasteiger partial charge on any atom is -0.350 e. The molecule has 0 saturated carbocycles. The summed E-state index contributed by atoms with van der Waals surface area (Å²) in [6.45, 7) is 0. The van der Waals surface area contributed by atoms with Crippen LogP contribution in [0.5, 0.6) is 0 Å². The van der Waals surface area contributed by atoms with Crippen molar-refractivity contribution in [2.75, 3.05) is 5.32 Å². The summed E-state index contributed by atoms with van der Waals surface area (Å²) in [6, 6.07) is 13.3. The van der Waals surface area contributed by atoms with Crippen molar-refractivity contribution in [2.45, 2.75) is 0 Å². The molecule has 0 heterocycles. The van der Waals surface area contributed by atoms with Crippen LogP contribution in [-0.2, 0) is 0 Å². The van der Waals surface area contributed by atoms with E-state index >= 15 is 0 Å². The van der Waals surface area contributed by atoms with Gasteiger partial charge in [-0.2, -0.15) is 5.26 Å². The van der Waals surface area contributed by atoms with Gasteiger partial charge in [-0.1, -0.05) is 23.7 Å². The maximum Gasteiger partial charge on any atom is 0.311 e. The third-order valence-electron chi connectivity index (χ3n) is 2.44. The van der Waals surface area contributed by atoms with Gasteiger partial charge < -0.3 is 5.32 Å². The van der Waals surface area contributed by atoms with Crippen LogP contribution in [0.1, 0.15) is 5.56 Å². The van der Waals surface area contributed by atoms with Crippen LogP contribution in [0.2, 0.25) is 5.02 Å². The molecule has 0 aliphatic rings. The first-order valence-corrected chi connectivity index (χ1v) is 5.69. The monoisotopic (exact) mass is 273 g/mol. The van der Waals surface area contributed by atoms with Gasteiger partial charge in [0.15, 0.2) is 0 Å². The first-order valence-electron chi connectivity index (χ1n) is 5.32. The topological polar surface area (TPSA) is 79.0 Å². The molecule has 0 atom stereocenters. The van der Waals surface area contributed by atoms with Crippen LogP contribution in [0.4, 0.5) is 17.1 Å². The van der Waals surface area contributed by atoms with Gasteiger partial charge in [-0.05, 0) is 30.3 Å². The molecule has 0 aromatic heterocycles. The highest BCUT2D eigenvalue weighted by molar-refractivity contribution is 6.33. The molecule has 0 unspecified atom stereocenters. The summed E-state index contributed by atoms with van der Waals surface area (Å²) in [6.07, 6.45) is 0. The molecule has 0 aliphatic carbocycles. The van der Waals surface area contributed by atoms with Gasteiger partial charge in [0.25, 0.3) is 0 Å². The number of hydrogen-bond acceptors (Lipinski definition) is 4. The lowest BCUT2D eigenvalue weighted by atomic mass is 10.2. The molecular weight excluding hydrogens is 266 g/mol. The van der Waals surface area contributed by atoms with Gasteiger partial charge in [-0.3, -0.25) is 10.1 Å². The normalized spacial score (nSPS) is 9.68. The zero-order valence-corrected chi connectivity index (χ0v) is 10.4. The van der Waals surface area contributed by atoms with Crippen molar-refractivity contribution in [3.63, 3.8) is 0 Å². The van der Waals surface area contributed by atoms with E-state index in [-0.39, 0.29) is 16.4 Å². The maximum atomic E-state index is 11.0. The van der Waals surface area contributed by atoms with Crippen LogP contribution in [0.15, 0.2) is 42.5 Å². The van der Waals surface area contributed by atoms with Crippen molar-refractivity contribution < 1.29 is 4.92 Å². The number of rotatable bonds is 3. The third-order valence-corrected chi connectivity index (χ3v) is 2.75. The number of nitro benzene ring substituents is 1. The molecule has 0 fully saturated rings. The fraction of sp³-hybridized carbons (Fsp3) is 0. The average molecular weight is 274 g/mol. The molecule has 2 aromatic rings. The number of hydrogen-bond donors (Lipinski definition) is 1. The average Bonchev–Trinajstić information content (AvgIpc) is 2.38. The lowest BCUT2D eigenvalue weighted by Crippen LogP contribution is -1.97. The molecule has 2 aromatic carbocycles. The van der Waals surface area contributed by atoms with Crippen LogP contribution in [-0.4, -0.2) is 4.92 Å². The molecule has 6 heteroatoms. The fourth-order valence-electron chi connectivity index (χ4n) is 1.62. The SMILES string of the molecule is N#Cc1cccc(Nc2cccc(Cl)c2[N+](=O)[O-])c1. The Hall–Kier alpha value is -2.58. The second-order valence-electron chi connectivity index (χ2n) is 3.71. The molecule has 1 N–H and O–H groups in total. The summed E-state index contributed by atoms with van der Waals surface area (Å²) in [4.78, 5) is 10.4. The number of benzene rings is 2. The van der Waals surface area contributed by atoms with Gasteiger partial charge in [0.05, 0.1) is 16.6 Å². The Morgan fingerprint density at radius 3 is 2.68 bits per heavy atom. The molecule has 5 nitrogen and oxygen atoms in total. The number of nitrogens with zero attached hydrogens (tertiary/aromatic N) is 2. The summed E-state index contributed by atoms with van der Waals surface area (Å²) in [5.74, 6) is 0. The van der Waals surface area contributed by atoms with Gasteiger partial charge >= 0.3 is 5.69 Å². The molecule has 0 radical (unpaired) electrons. The second-order valence-corrected chi connectivity index (χ2v) is 4.12. The number of para-hydroxylation sites is 1. The van der Waals surface area contributed by atoms with Crippen LogP contribution < -0.4 is 5.32 Å². The number of anilines is 2. The molecule has 19 heavy (non-hydrogen) atoms. The molecule has 0 bridgehead atoms. The van der Waals surface area contributed by atoms with E-state index in [9.17, 15) is 10.1 Å². The maximum absolute atomic E-state index is 11.0. The van der Waals surface area contributed by atoms with Crippen molar-refractivity contribution in [3.8, 4) is 6.07 Å². The summed E-state index contributed by atoms with van der Waals surface area (Å²) in [5, 5.41) is 22.7. The Kier molecular flexibility index (Phi) is 3.64. The molecule has 0 amide bonds. The zero-order valence-electron chi connectivity index (χ0n) is 9.63. The third kappa shape index (κ3) is 2.81. The van der Waals surface area contributed by atoms with Crippen LogP contribution >= 0.6 is 11.6 Å². The van der Waals surface area contributed by atoms with Gasteiger partial charge in [-0.25, -0.2) is 0 Å². The Labute approximate surface area is 114 Å². The number of nitrogens with one attached hydrogen (secondary N) is 1. The molecule has 0 saturated heterocycles. The molecule has 94 valence electrons. The van der Waals surface area contributed by atoms with Gasteiger partial charge in [0, 0.05) is 5.69 Å². The van der Waals surface area contributed by atoms with Gasteiger partial charge in [0.2, 0.25) is 0 Å². The molecule has 0 aliphatic heterocycles. The van der Waals surface area contributed by atoms with Crippen LogP contribution in [0.25, 0.3) is 0 Å². The number of halogens is 1. The van der Waals surface area contributed by atoms with E-state index in [2.05, 4.69) is 5.32 Å². The van der Waals surface area contributed by atoms with E-state index in [0.717, 1.165) is 0 Å². The summed E-state index contributed by atoms with van der Waals surface area (Å²) < 4.78 is 0. The van der Waals surface area contributed by atoms with E-state index in [1.165, 1.54) is 6.07 Å². The number of nitriles is 1. The lowest BCUT2D eigenvalue weighted by Gasteiger charge is -2.08. The predicted octanol–water partition coefficient (Wildman–Crippen LogP) is 3.86. The first kappa shape index (κ1) is 12.9. The summed E-state index contributed by atoms with van der Waals surface area (Å²) in [5.41, 5.74) is 1.15. The highest BCUT2D eigenvalue weighted by Gasteiger charge is 2.18. The minimum atomic E-state index is -0.543. The molecule has 2 rings (SSSR count). The van der Waals surface area contributed by atoms with E-state index in [0.29, 0.717) is 11.3 Å². The highest BCUT2D eigenvalue weighted by Crippen LogP contribution is 2.34. The van der Waals surface area contributed by atoms with Crippen LogP contribution in [0.3, 0.4) is 0 Å². The molecular formula is C13H8ClN3O2. The quantitative estimate of drug-likeness (QED) is 0.680. The predicted molar refractivity (Wildman–Crippen MR) is 72.5 cm³/mol. The smallest absolute Gasteiger partial charge is 0.311 e. The summed E-state index contributed by atoms with van der Waals surface area (Å²) in [7, 11) is 0. The molecule has 0 spiro atoms. The fourth-order valence-corrected chi connectivity index (χ4v) is 1.87. The van der Waals surface area contributed by atoms with E-state index < -0.39 is 4.92 Å². The van der Waals surface area contributed by atoms with Crippen molar-refractivity contribution in [1.82, 2.24) is 0 Å². The van der Waals surface area contributed by atoms with Gasteiger partial charge in [-0.15, -0.1) is 0 Å². The lowest BCUT2D eigenvalue weighted by molar-refractivity contribution is -0.383. The van der Waals surface area contributed by atoms with Crippen molar-refractivity contribution in [2.24, 2.45) is 0 Å². The van der Waals surface area contributed by atoms with Crippen molar-refractivity contribution >= 4 is 28.7 Å². The van der Waals surface area contributed by atoms with E-state index in [1.54, 1.807) is 36.4 Å². The zero-order chi connectivity index (χ0) is 13.8. The van der Waals surface area contributed by atoms with Crippen molar-refractivity contribution in [3.05, 3.63) is 63.2 Å². The van der Waals surface area contributed by atoms with Crippen LogP contribution in [0, 0.1) is 21.4 Å². The highest BCUT2D eigenvalue weighted by atomic mass is 35.5. The summed E-state index contributed by atoms with van der Waals surface area (Å²) >= 11 is 5.82. The standard InChI is InChI=1S/C13H8ClN3O2/c14-11-5-2-6-12(13(11)17(18)19)16-10-4-1-3-9(7-10)8-15/h1-7,16H. The Balaban J connectivity index is 2.41. The Morgan fingerprint density at radius 2 is 2.00 bits per heavy atom. The second kappa shape index (κ2) is 5.38. The van der Waals surface area contributed by atoms with Gasteiger partial charge in [0.1, 0.15) is 10.7 Å². The Morgan fingerprint density at radius 1 is 1.26 bits per heavy atom.